The first-order valence-electron chi connectivity index (χ1n) is 6.75. The Hall–Kier alpha value is -2.96. The lowest BCUT2D eigenvalue weighted by Crippen LogP contribution is -2.23. The lowest BCUT2D eigenvalue weighted by Gasteiger charge is -2.05. The summed E-state index contributed by atoms with van der Waals surface area (Å²) in [5, 5.41) is 6.93. The molecular weight excluding hydrogens is 282 g/mol. The van der Waals surface area contributed by atoms with Gasteiger partial charge in [-0.15, -0.1) is 0 Å². The van der Waals surface area contributed by atoms with Crippen molar-refractivity contribution in [2.45, 2.75) is 13.5 Å². The second kappa shape index (κ2) is 5.80. The highest BCUT2D eigenvalue weighted by Crippen LogP contribution is 2.11. The lowest BCUT2D eigenvalue weighted by atomic mass is 10.3. The number of carbonyl (C=O) groups excluding carboxylic acids is 1. The number of fused-ring (bicyclic) bond motifs is 1. The molecule has 7 heteroatoms. The van der Waals surface area contributed by atoms with Gasteiger partial charge >= 0.3 is 0 Å². The average molecular weight is 297 g/mol. The molecule has 0 aliphatic rings. The van der Waals surface area contributed by atoms with Gasteiger partial charge < -0.3 is 10.1 Å². The zero-order valence-corrected chi connectivity index (χ0v) is 12.3. The summed E-state index contributed by atoms with van der Waals surface area (Å²) in [6.45, 7) is 2.17. The summed E-state index contributed by atoms with van der Waals surface area (Å²) in [5.41, 5.74) is 2.52. The van der Waals surface area contributed by atoms with Crippen LogP contribution in [0.5, 0.6) is 5.75 Å². The zero-order chi connectivity index (χ0) is 15.5. The van der Waals surface area contributed by atoms with Gasteiger partial charge in [0.25, 0.3) is 5.91 Å². The number of aromatic nitrogens is 4. The molecule has 0 aliphatic heterocycles. The van der Waals surface area contributed by atoms with Gasteiger partial charge in [0, 0.05) is 24.2 Å². The van der Waals surface area contributed by atoms with Gasteiger partial charge in [-0.3, -0.25) is 9.78 Å². The average Bonchev–Trinajstić information content (AvgIpc) is 2.96. The molecule has 3 aromatic rings. The Morgan fingerprint density at radius 3 is 3.09 bits per heavy atom. The molecule has 3 heterocycles. The number of hydrogen-bond acceptors (Lipinski definition) is 5. The maximum absolute atomic E-state index is 12.3. The zero-order valence-electron chi connectivity index (χ0n) is 12.3. The van der Waals surface area contributed by atoms with Crippen LogP contribution in [0.3, 0.4) is 0 Å². The van der Waals surface area contributed by atoms with E-state index in [2.05, 4.69) is 20.4 Å². The number of pyridine rings is 1. The van der Waals surface area contributed by atoms with Gasteiger partial charge in [-0.05, 0) is 19.1 Å². The molecule has 0 saturated carbocycles. The Morgan fingerprint density at radius 2 is 2.27 bits per heavy atom. The number of nitrogens with zero attached hydrogens (tertiary/aromatic N) is 4. The Kier molecular flexibility index (Phi) is 3.69. The van der Waals surface area contributed by atoms with Crippen LogP contribution < -0.4 is 10.1 Å². The molecule has 0 aromatic carbocycles. The summed E-state index contributed by atoms with van der Waals surface area (Å²) >= 11 is 0. The van der Waals surface area contributed by atoms with Crippen molar-refractivity contribution >= 4 is 11.6 Å². The van der Waals surface area contributed by atoms with Gasteiger partial charge in [0.2, 0.25) is 0 Å². The number of hydrogen-bond donors (Lipinski definition) is 1. The van der Waals surface area contributed by atoms with E-state index in [1.165, 1.54) is 6.20 Å². The monoisotopic (exact) mass is 297 g/mol. The van der Waals surface area contributed by atoms with Crippen LogP contribution in [0, 0.1) is 6.92 Å². The number of rotatable bonds is 4. The highest BCUT2D eigenvalue weighted by molar-refractivity contribution is 5.99. The van der Waals surface area contributed by atoms with Crippen LogP contribution in [0.4, 0.5) is 0 Å². The molecule has 0 spiro atoms. The molecule has 0 fully saturated rings. The number of aryl methyl sites for hydroxylation is 1. The van der Waals surface area contributed by atoms with Crippen LogP contribution in [0.25, 0.3) is 5.65 Å². The first-order chi connectivity index (χ1) is 10.7. The van der Waals surface area contributed by atoms with E-state index in [0.29, 0.717) is 29.2 Å². The molecule has 7 nitrogen and oxygen atoms in total. The fraction of sp³-hybridized carbons (Fsp3) is 0.200. The largest absolute Gasteiger partial charge is 0.497 e. The highest BCUT2D eigenvalue weighted by atomic mass is 16.5. The summed E-state index contributed by atoms with van der Waals surface area (Å²) in [7, 11) is 1.59. The van der Waals surface area contributed by atoms with E-state index < -0.39 is 0 Å². The number of amides is 1. The molecule has 1 amide bonds. The van der Waals surface area contributed by atoms with Crippen molar-refractivity contribution in [1.82, 2.24) is 24.9 Å². The molecule has 0 radical (unpaired) electrons. The predicted octanol–water partition coefficient (Wildman–Crippen LogP) is 1.37. The Balaban J connectivity index is 1.77. The van der Waals surface area contributed by atoms with E-state index in [-0.39, 0.29) is 5.91 Å². The van der Waals surface area contributed by atoms with Gasteiger partial charge in [0.1, 0.15) is 11.3 Å². The summed E-state index contributed by atoms with van der Waals surface area (Å²) in [6.07, 6.45) is 4.93. The normalized spacial score (nSPS) is 10.6. The van der Waals surface area contributed by atoms with E-state index in [0.717, 1.165) is 5.69 Å². The standard InChI is InChI=1S/C15H15N5O2/c1-10-4-6-20-14(19-10)13(9-18-20)15(21)17-8-11-7-12(22-2)3-5-16-11/h3-7,9H,8H2,1-2H3,(H,17,21). The van der Waals surface area contributed by atoms with Crippen LogP contribution in [-0.2, 0) is 6.54 Å². The minimum absolute atomic E-state index is 0.238. The summed E-state index contributed by atoms with van der Waals surface area (Å²) in [4.78, 5) is 20.8. The molecule has 0 bridgehead atoms. The van der Waals surface area contributed by atoms with Crippen LogP contribution in [-0.4, -0.2) is 32.6 Å². The molecular formula is C15H15N5O2. The smallest absolute Gasteiger partial charge is 0.257 e. The van der Waals surface area contributed by atoms with Gasteiger partial charge in [-0.1, -0.05) is 0 Å². The fourth-order valence-electron chi connectivity index (χ4n) is 2.07. The Labute approximate surface area is 127 Å². The highest BCUT2D eigenvalue weighted by Gasteiger charge is 2.14. The SMILES string of the molecule is COc1ccnc(CNC(=O)c2cnn3ccc(C)nc23)c1. The topological polar surface area (TPSA) is 81.4 Å². The number of nitrogens with one attached hydrogen (secondary N) is 1. The minimum atomic E-state index is -0.238. The molecule has 3 rings (SSSR count). The van der Waals surface area contributed by atoms with E-state index >= 15 is 0 Å². The first kappa shape index (κ1) is 14.0. The molecule has 1 N–H and O–H groups in total. The van der Waals surface area contributed by atoms with Crippen molar-refractivity contribution in [3.63, 3.8) is 0 Å². The molecule has 22 heavy (non-hydrogen) atoms. The fourth-order valence-corrected chi connectivity index (χ4v) is 2.07. The summed E-state index contributed by atoms with van der Waals surface area (Å²) in [6, 6.07) is 5.36. The van der Waals surface area contributed by atoms with E-state index in [1.807, 2.05) is 13.0 Å². The third kappa shape index (κ3) is 2.73. The maximum atomic E-state index is 12.3. The second-order valence-electron chi connectivity index (χ2n) is 4.77. The van der Waals surface area contributed by atoms with Crippen molar-refractivity contribution in [1.29, 1.82) is 0 Å². The van der Waals surface area contributed by atoms with E-state index in [1.54, 1.807) is 36.2 Å². The number of ether oxygens (including phenoxy) is 1. The van der Waals surface area contributed by atoms with Gasteiger partial charge in [0.15, 0.2) is 5.65 Å². The lowest BCUT2D eigenvalue weighted by molar-refractivity contribution is 0.0952. The minimum Gasteiger partial charge on any atom is -0.497 e. The molecule has 0 atom stereocenters. The van der Waals surface area contributed by atoms with Crippen molar-refractivity contribution in [2.24, 2.45) is 0 Å². The quantitative estimate of drug-likeness (QED) is 0.786. The van der Waals surface area contributed by atoms with E-state index in [9.17, 15) is 4.79 Å². The Bertz CT molecular complexity index is 828. The van der Waals surface area contributed by atoms with Crippen molar-refractivity contribution in [3.05, 3.63) is 53.7 Å². The van der Waals surface area contributed by atoms with Crippen molar-refractivity contribution in [2.75, 3.05) is 7.11 Å². The molecule has 0 aliphatic carbocycles. The van der Waals surface area contributed by atoms with Crippen LogP contribution in [0.1, 0.15) is 21.7 Å². The van der Waals surface area contributed by atoms with Crippen molar-refractivity contribution < 1.29 is 9.53 Å². The third-order valence-corrected chi connectivity index (χ3v) is 3.21. The predicted molar refractivity (Wildman–Crippen MR) is 79.7 cm³/mol. The molecule has 112 valence electrons. The van der Waals surface area contributed by atoms with Gasteiger partial charge in [-0.25, -0.2) is 9.50 Å². The number of methoxy groups -OCH3 is 1. The van der Waals surface area contributed by atoms with Gasteiger partial charge in [0.05, 0.1) is 25.5 Å². The first-order valence-corrected chi connectivity index (χ1v) is 6.75. The van der Waals surface area contributed by atoms with E-state index in [4.69, 9.17) is 4.74 Å². The number of carbonyl (C=O) groups is 1. The Morgan fingerprint density at radius 1 is 1.41 bits per heavy atom. The summed E-state index contributed by atoms with van der Waals surface area (Å²) < 4.78 is 6.70. The molecule has 3 aromatic heterocycles. The van der Waals surface area contributed by atoms with Crippen LogP contribution >= 0.6 is 0 Å². The molecule has 0 unspecified atom stereocenters. The summed E-state index contributed by atoms with van der Waals surface area (Å²) in [5.74, 6) is 0.463. The molecule has 0 saturated heterocycles. The van der Waals surface area contributed by atoms with Gasteiger partial charge in [-0.2, -0.15) is 5.10 Å². The van der Waals surface area contributed by atoms with Crippen molar-refractivity contribution in [3.8, 4) is 5.75 Å². The third-order valence-electron chi connectivity index (χ3n) is 3.21. The van der Waals surface area contributed by atoms with Crippen LogP contribution in [0.2, 0.25) is 0 Å². The maximum Gasteiger partial charge on any atom is 0.257 e. The van der Waals surface area contributed by atoms with Crippen LogP contribution in [0.15, 0.2) is 36.8 Å². The second-order valence-corrected chi connectivity index (χ2v) is 4.77.